The van der Waals surface area contributed by atoms with Crippen LogP contribution in [0.4, 0.5) is 17.1 Å². The Morgan fingerprint density at radius 1 is 0.431 bits per heavy atom. The van der Waals surface area contributed by atoms with E-state index in [2.05, 4.69) is 0 Å². The van der Waals surface area contributed by atoms with Gasteiger partial charge in [0, 0.05) is 43.2 Å². The average molecular weight is 701 g/mol. The maximum atomic E-state index is 10.3. The Hall–Kier alpha value is -6.42. The van der Waals surface area contributed by atoms with Gasteiger partial charge in [0.2, 0.25) is 0 Å². The van der Waals surface area contributed by atoms with Crippen LogP contribution in [0.1, 0.15) is 42.5 Å². The summed E-state index contributed by atoms with van der Waals surface area (Å²) >= 11 is 0.429. The molecule has 0 saturated carbocycles. The molecule has 0 fully saturated rings. The molecule has 3 heteroatoms. The molecule has 0 spiro atoms. The van der Waals surface area contributed by atoms with Crippen LogP contribution in [-0.4, -0.2) is 0 Å². The van der Waals surface area contributed by atoms with Gasteiger partial charge in [-0.05, 0) is 76.2 Å². The number of benzene rings is 8. The van der Waals surface area contributed by atoms with Crippen molar-refractivity contribution in [2.45, 2.75) is 0 Å². The molecule has 0 atom stereocenters. The lowest BCUT2D eigenvalue weighted by atomic mass is 9.96. The molecule has 0 bridgehead atoms. The Kier molecular flexibility index (Phi) is 2.82. The summed E-state index contributed by atoms with van der Waals surface area (Å²) in [7, 11) is 0. The number of para-hydroxylation sites is 2. The largest absolute Gasteiger partial charge is 0.455 e. The van der Waals surface area contributed by atoms with E-state index in [4.69, 9.17) is 31.8 Å². The number of nitrogens with zero attached hydrogens (tertiary/aromatic N) is 1. The van der Waals surface area contributed by atoms with Crippen LogP contribution in [0, 0.1) is 0 Å². The third-order valence-electron chi connectivity index (χ3n) is 7.62. The van der Waals surface area contributed by atoms with Crippen molar-refractivity contribution in [1.29, 1.82) is 0 Å². The summed E-state index contributed by atoms with van der Waals surface area (Å²) in [4.78, 5) is 0.454. The maximum Gasteiger partial charge on any atom is 0.143 e. The normalized spacial score (nSPS) is 20.0. The van der Waals surface area contributed by atoms with E-state index in [1.807, 2.05) is 0 Å². The van der Waals surface area contributed by atoms with Crippen LogP contribution in [0.3, 0.4) is 0 Å². The maximum absolute atomic E-state index is 10.3. The van der Waals surface area contributed by atoms with Crippen LogP contribution >= 0.6 is 11.3 Å². The lowest BCUT2D eigenvalue weighted by Crippen LogP contribution is -2.10. The third kappa shape index (κ3) is 5.10. The predicted octanol–water partition coefficient (Wildman–Crippen LogP) is 14.4. The standard InChI is InChI=1S/C48H31NOS/c1-3-13-32(14-4-1)34-25-27-37(28-26-34)49(44-22-12-21-43-41-18-8-10-24-46(41)51-48(43)44)38-30-35(33-15-5-2-6-16-33)29-36(31-38)39-19-11-20-42-40-17-7-9-23-45(40)50-47(39)42/h1-31H/i1D,2D,3D,4D,5D,6D,7D,8D,9D,10D,11D,12D,13D,14D,15D,16D,17D,18D,19D,20D,21D,22D,23D,24D,25D,26D,27D,28D,29D,30D,31D. The quantitative estimate of drug-likeness (QED) is 0.172. The van der Waals surface area contributed by atoms with Gasteiger partial charge in [0.1, 0.15) is 11.2 Å². The second-order valence-electron chi connectivity index (χ2n) is 10.5. The Bertz CT molecular complexity index is 4570. The molecular formula is C48H31NOS. The summed E-state index contributed by atoms with van der Waals surface area (Å²) < 4.78 is 285. The number of hydrogen-bond acceptors (Lipinski definition) is 3. The summed E-state index contributed by atoms with van der Waals surface area (Å²) in [6.07, 6.45) is 0. The Labute approximate surface area is 343 Å². The molecule has 0 aliphatic rings. The minimum Gasteiger partial charge on any atom is -0.455 e. The zero-order valence-electron chi connectivity index (χ0n) is 56.3. The number of thiophene rings is 1. The van der Waals surface area contributed by atoms with E-state index in [0.29, 0.717) is 16.2 Å². The zero-order valence-corrected chi connectivity index (χ0v) is 26.1. The summed E-state index contributed by atoms with van der Waals surface area (Å²) in [6.45, 7) is 0. The number of anilines is 3. The minimum atomic E-state index is -1.29. The van der Waals surface area contributed by atoms with Gasteiger partial charge in [-0.25, -0.2) is 0 Å². The first-order valence-corrected chi connectivity index (χ1v) is 15.6. The van der Waals surface area contributed by atoms with Gasteiger partial charge in [0.25, 0.3) is 0 Å². The minimum absolute atomic E-state index is 0.324. The fourth-order valence-corrected chi connectivity index (χ4v) is 6.48. The topological polar surface area (TPSA) is 16.4 Å². The van der Waals surface area contributed by atoms with Crippen molar-refractivity contribution >= 4 is 70.5 Å². The highest BCUT2D eigenvalue weighted by atomic mass is 32.1. The van der Waals surface area contributed by atoms with E-state index in [0.717, 1.165) is 0 Å². The first-order chi connectivity index (χ1) is 38.2. The van der Waals surface area contributed by atoms with E-state index < -0.39 is 275 Å². The molecular weight excluding hydrogens is 639 g/mol. The van der Waals surface area contributed by atoms with Crippen LogP contribution < -0.4 is 4.90 Å². The van der Waals surface area contributed by atoms with E-state index in [-0.39, 0.29) is 4.70 Å². The molecule has 240 valence electrons. The fourth-order valence-electron chi connectivity index (χ4n) is 5.42. The molecule has 0 N–H and O–H groups in total. The molecule has 0 aliphatic carbocycles. The van der Waals surface area contributed by atoms with Gasteiger partial charge in [0.15, 0.2) is 0 Å². The molecule has 10 rings (SSSR count). The zero-order chi connectivity index (χ0) is 60.7. The molecule has 0 radical (unpaired) electrons. The summed E-state index contributed by atoms with van der Waals surface area (Å²) in [6, 6.07) is -31.4. The van der Waals surface area contributed by atoms with Crippen LogP contribution in [0.15, 0.2) is 192 Å². The second kappa shape index (κ2) is 12.2. The highest BCUT2D eigenvalue weighted by Gasteiger charge is 2.21. The third-order valence-corrected chi connectivity index (χ3v) is 8.74. The summed E-state index contributed by atoms with van der Waals surface area (Å²) in [5.41, 5.74) is -10.4. The first kappa shape index (κ1) is 11.8. The summed E-state index contributed by atoms with van der Waals surface area (Å²) in [5, 5.41) is -2.05. The van der Waals surface area contributed by atoms with Gasteiger partial charge in [-0.15, -0.1) is 11.3 Å². The van der Waals surface area contributed by atoms with Crippen LogP contribution in [-0.2, 0) is 0 Å². The van der Waals surface area contributed by atoms with Gasteiger partial charge in [-0.2, -0.15) is 0 Å². The van der Waals surface area contributed by atoms with Gasteiger partial charge in [-0.3, -0.25) is 0 Å². The predicted molar refractivity (Wildman–Crippen MR) is 218 cm³/mol. The summed E-state index contributed by atoms with van der Waals surface area (Å²) in [5.74, 6) is 0. The lowest BCUT2D eigenvalue weighted by molar-refractivity contribution is 0.670. The smallest absolute Gasteiger partial charge is 0.143 e. The van der Waals surface area contributed by atoms with E-state index in [9.17, 15) is 15.1 Å². The average Bonchev–Trinajstić information content (AvgIpc) is 2.00. The Morgan fingerprint density at radius 2 is 1.04 bits per heavy atom. The van der Waals surface area contributed by atoms with Crippen molar-refractivity contribution in [3.8, 4) is 33.4 Å². The van der Waals surface area contributed by atoms with E-state index in [1.54, 1.807) is 0 Å². The molecule has 2 nitrogen and oxygen atoms in total. The lowest BCUT2D eigenvalue weighted by Gasteiger charge is -2.27. The molecule has 0 unspecified atom stereocenters. The highest BCUT2D eigenvalue weighted by Crippen LogP contribution is 2.47. The van der Waals surface area contributed by atoms with Crippen molar-refractivity contribution in [3.63, 3.8) is 0 Å². The van der Waals surface area contributed by atoms with Gasteiger partial charge >= 0.3 is 0 Å². The van der Waals surface area contributed by atoms with Crippen molar-refractivity contribution in [2.75, 3.05) is 4.90 Å². The molecule has 8 aromatic carbocycles. The van der Waals surface area contributed by atoms with Crippen molar-refractivity contribution < 1.29 is 46.9 Å². The van der Waals surface area contributed by atoms with Crippen molar-refractivity contribution in [3.05, 3.63) is 187 Å². The number of hydrogen-bond donors (Lipinski definition) is 0. The Morgan fingerprint density at radius 3 is 1.84 bits per heavy atom. The van der Waals surface area contributed by atoms with Gasteiger partial charge in [-0.1, -0.05) is 139 Å². The van der Waals surface area contributed by atoms with Crippen molar-refractivity contribution in [1.82, 2.24) is 0 Å². The van der Waals surface area contributed by atoms with Crippen LogP contribution in [0.25, 0.3) is 75.5 Å². The van der Waals surface area contributed by atoms with Gasteiger partial charge in [0.05, 0.1) is 52.9 Å². The molecule has 2 heterocycles. The molecule has 10 aromatic rings. The van der Waals surface area contributed by atoms with Crippen molar-refractivity contribution in [2.24, 2.45) is 0 Å². The van der Waals surface area contributed by atoms with E-state index in [1.165, 1.54) is 0 Å². The second-order valence-corrected chi connectivity index (χ2v) is 11.5. The molecule has 51 heavy (non-hydrogen) atoms. The molecule has 2 aromatic heterocycles. The van der Waals surface area contributed by atoms with Crippen LogP contribution in [0.5, 0.6) is 0 Å². The molecule has 0 amide bonds. The van der Waals surface area contributed by atoms with Gasteiger partial charge < -0.3 is 9.32 Å². The molecule has 0 saturated heterocycles. The number of fused-ring (bicyclic) bond motifs is 6. The SMILES string of the molecule is [2H]c1c([2H])c([2H])c(-c2c([2H])c([2H])c(N(c3c([2H])c(-c4c([2H])c([2H])c([2H])c([2H])c4[2H])c([2H])c(-c4c([2H])c([2H])c([2H])c5c4oc4c([2H])c([2H])c([2H])c([2H])c45)c3[2H])c3c([2H])c([2H])c([2H])c4c3sc3c([2H])c([2H])c([2H])c([2H])c34)c([2H])c2[2H])c([2H])c1[2H]. The Balaban J connectivity index is 1.53. The molecule has 0 aliphatic heterocycles. The first-order valence-electron chi connectivity index (χ1n) is 30.2. The van der Waals surface area contributed by atoms with E-state index >= 15 is 0 Å². The fraction of sp³-hybridized carbons (Fsp3) is 0. The highest BCUT2D eigenvalue weighted by molar-refractivity contribution is 7.26. The number of rotatable bonds is 6. The monoisotopic (exact) mass is 700 g/mol. The van der Waals surface area contributed by atoms with Crippen LogP contribution in [0.2, 0.25) is 0 Å². The number of furan rings is 1.